The number of likely N-dealkylation sites (tertiary alicyclic amines) is 1. The molecule has 1 unspecified atom stereocenters. The molecule has 1 N–H and O–H groups in total. The van der Waals surface area contributed by atoms with Crippen LogP contribution < -0.4 is 18.9 Å². The molecule has 2 aromatic rings. The summed E-state index contributed by atoms with van der Waals surface area (Å²) in [5.74, 6) is 0.983. The monoisotopic (exact) mass is 580 g/mol. The molecule has 2 aromatic carbocycles. The average Bonchev–Trinajstić information content (AvgIpc) is 3.26. The SMILES string of the molecule is COc1cc(C2C(=C(O)c3ccc4c(c3)OCCO4)C(=O)C(=O)N2CCCN2CCOCC2)ccc1OCCC(C)C. The molecule has 1 amide bonds. The first-order valence-corrected chi connectivity index (χ1v) is 14.7. The second kappa shape index (κ2) is 13.5. The topological polar surface area (TPSA) is 107 Å². The molecule has 0 saturated carbocycles. The predicted molar refractivity (Wildman–Crippen MR) is 156 cm³/mol. The van der Waals surface area contributed by atoms with E-state index in [0.29, 0.717) is 86.0 Å². The van der Waals surface area contributed by atoms with Crippen molar-refractivity contribution in [1.29, 1.82) is 0 Å². The van der Waals surface area contributed by atoms with E-state index in [1.165, 1.54) is 0 Å². The van der Waals surface area contributed by atoms with Crippen LogP contribution in [0.15, 0.2) is 42.0 Å². The Morgan fingerprint density at radius 3 is 2.48 bits per heavy atom. The van der Waals surface area contributed by atoms with Gasteiger partial charge in [-0.2, -0.15) is 0 Å². The molecule has 42 heavy (non-hydrogen) atoms. The lowest BCUT2D eigenvalue weighted by molar-refractivity contribution is -0.140. The number of carbonyl (C=O) groups is 2. The highest BCUT2D eigenvalue weighted by atomic mass is 16.6. The van der Waals surface area contributed by atoms with Crippen molar-refractivity contribution in [1.82, 2.24) is 9.80 Å². The number of hydrogen-bond donors (Lipinski definition) is 1. The van der Waals surface area contributed by atoms with Gasteiger partial charge in [0.25, 0.3) is 11.7 Å². The maximum Gasteiger partial charge on any atom is 0.295 e. The molecule has 1 atom stereocenters. The van der Waals surface area contributed by atoms with Crippen LogP contribution in [0.3, 0.4) is 0 Å². The minimum Gasteiger partial charge on any atom is -0.507 e. The Morgan fingerprint density at radius 2 is 1.74 bits per heavy atom. The number of fused-ring (bicyclic) bond motifs is 1. The summed E-state index contributed by atoms with van der Waals surface area (Å²) in [5, 5.41) is 11.5. The van der Waals surface area contributed by atoms with Crippen molar-refractivity contribution in [3.8, 4) is 23.0 Å². The van der Waals surface area contributed by atoms with E-state index in [9.17, 15) is 14.7 Å². The van der Waals surface area contributed by atoms with Crippen LogP contribution in [0.5, 0.6) is 23.0 Å². The molecule has 0 spiro atoms. The Morgan fingerprint density at radius 1 is 0.976 bits per heavy atom. The lowest BCUT2D eigenvalue weighted by atomic mass is 9.94. The first-order valence-electron chi connectivity index (χ1n) is 14.7. The number of rotatable bonds is 11. The molecule has 0 bridgehead atoms. The van der Waals surface area contributed by atoms with Crippen LogP contribution in [0.2, 0.25) is 0 Å². The molecule has 0 aliphatic carbocycles. The summed E-state index contributed by atoms with van der Waals surface area (Å²) in [7, 11) is 1.56. The van der Waals surface area contributed by atoms with Gasteiger partial charge in [-0.1, -0.05) is 19.9 Å². The van der Waals surface area contributed by atoms with Gasteiger partial charge < -0.3 is 33.7 Å². The van der Waals surface area contributed by atoms with E-state index < -0.39 is 17.7 Å². The number of methoxy groups -OCH3 is 1. The first kappa shape index (κ1) is 29.7. The quantitative estimate of drug-likeness (QED) is 0.239. The van der Waals surface area contributed by atoms with Gasteiger partial charge in [0.1, 0.15) is 19.0 Å². The first-order chi connectivity index (χ1) is 20.4. The summed E-state index contributed by atoms with van der Waals surface area (Å²) in [5.41, 5.74) is 1.04. The number of ketones is 1. The van der Waals surface area contributed by atoms with Crippen molar-refractivity contribution >= 4 is 17.4 Å². The van der Waals surface area contributed by atoms with Gasteiger partial charge in [0.15, 0.2) is 23.0 Å². The Kier molecular flexibility index (Phi) is 9.54. The predicted octanol–water partition coefficient (Wildman–Crippen LogP) is 4.04. The standard InChI is InChI=1S/C32H40N2O8/c1-21(2)9-14-40-24-7-5-22(19-26(24)38-3)29-28(30(35)23-6-8-25-27(20-23)42-18-17-41-25)31(36)32(37)34(29)11-4-10-33-12-15-39-16-13-33/h5-8,19-21,29,35H,4,9-18H2,1-3H3. The zero-order valence-corrected chi connectivity index (χ0v) is 24.6. The van der Waals surface area contributed by atoms with Gasteiger partial charge in [-0.25, -0.2) is 0 Å². The van der Waals surface area contributed by atoms with Crippen molar-refractivity contribution in [3.05, 3.63) is 53.1 Å². The Hall–Kier alpha value is -3.76. The van der Waals surface area contributed by atoms with E-state index in [-0.39, 0.29) is 11.3 Å². The fourth-order valence-corrected chi connectivity index (χ4v) is 5.47. The van der Waals surface area contributed by atoms with Crippen molar-refractivity contribution < 1.29 is 38.4 Å². The van der Waals surface area contributed by atoms with Crippen LogP contribution in [0.25, 0.3) is 5.76 Å². The minimum absolute atomic E-state index is 0.0265. The third-order valence-corrected chi connectivity index (χ3v) is 7.79. The van der Waals surface area contributed by atoms with Gasteiger partial charge in [-0.15, -0.1) is 0 Å². The number of Topliss-reactive ketones (excluding diaryl/α,β-unsaturated/α-hetero) is 1. The van der Waals surface area contributed by atoms with Crippen molar-refractivity contribution in [3.63, 3.8) is 0 Å². The van der Waals surface area contributed by atoms with Crippen LogP contribution >= 0.6 is 0 Å². The number of carbonyl (C=O) groups excluding carboxylic acids is 2. The van der Waals surface area contributed by atoms with Crippen LogP contribution in [-0.4, -0.2) is 92.9 Å². The smallest absolute Gasteiger partial charge is 0.295 e. The van der Waals surface area contributed by atoms with E-state index >= 15 is 0 Å². The third kappa shape index (κ3) is 6.50. The van der Waals surface area contributed by atoms with Crippen LogP contribution in [-0.2, 0) is 14.3 Å². The van der Waals surface area contributed by atoms with Gasteiger partial charge in [0.2, 0.25) is 0 Å². The number of aliphatic hydroxyl groups is 1. The maximum absolute atomic E-state index is 13.5. The van der Waals surface area contributed by atoms with Gasteiger partial charge >= 0.3 is 0 Å². The summed E-state index contributed by atoms with van der Waals surface area (Å²) in [6.45, 7) is 9.79. The molecule has 3 heterocycles. The largest absolute Gasteiger partial charge is 0.507 e. The lowest BCUT2D eigenvalue weighted by Crippen LogP contribution is -2.39. The highest BCUT2D eigenvalue weighted by molar-refractivity contribution is 6.46. The molecule has 10 heteroatoms. The van der Waals surface area contributed by atoms with E-state index in [4.69, 9.17) is 23.7 Å². The number of morpholine rings is 1. The van der Waals surface area contributed by atoms with Gasteiger partial charge in [0, 0.05) is 31.7 Å². The summed E-state index contributed by atoms with van der Waals surface area (Å²) < 4.78 is 28.4. The molecule has 3 aliphatic heterocycles. The lowest BCUT2D eigenvalue weighted by Gasteiger charge is -2.29. The second-order valence-corrected chi connectivity index (χ2v) is 11.1. The second-order valence-electron chi connectivity index (χ2n) is 11.1. The van der Waals surface area contributed by atoms with Crippen LogP contribution in [0.1, 0.15) is 43.9 Å². The normalized spacial score (nSPS) is 20.3. The zero-order chi connectivity index (χ0) is 29.6. The van der Waals surface area contributed by atoms with E-state index in [1.807, 2.05) is 6.07 Å². The molecule has 226 valence electrons. The number of amides is 1. The molecular formula is C32H40N2O8. The Balaban J connectivity index is 1.49. The van der Waals surface area contributed by atoms with Crippen molar-refractivity contribution in [2.75, 3.05) is 66.3 Å². The van der Waals surface area contributed by atoms with Gasteiger partial charge in [-0.05, 0) is 54.7 Å². The Labute approximate surface area is 246 Å². The van der Waals surface area contributed by atoms with E-state index in [1.54, 1.807) is 42.3 Å². The minimum atomic E-state index is -0.804. The van der Waals surface area contributed by atoms with Gasteiger partial charge in [-0.3, -0.25) is 14.5 Å². The number of hydrogen-bond acceptors (Lipinski definition) is 9. The summed E-state index contributed by atoms with van der Waals surface area (Å²) >= 11 is 0. The van der Waals surface area contributed by atoms with Gasteiger partial charge in [0.05, 0.1) is 38.5 Å². The number of nitrogens with zero attached hydrogens (tertiary/aromatic N) is 2. The number of aliphatic hydroxyl groups excluding tert-OH is 1. The maximum atomic E-state index is 13.5. The summed E-state index contributed by atoms with van der Waals surface area (Å²) in [6.07, 6.45) is 1.56. The van der Waals surface area contributed by atoms with Crippen molar-refractivity contribution in [2.24, 2.45) is 5.92 Å². The molecule has 10 nitrogen and oxygen atoms in total. The highest BCUT2D eigenvalue weighted by Gasteiger charge is 2.46. The van der Waals surface area contributed by atoms with Crippen LogP contribution in [0.4, 0.5) is 0 Å². The number of ether oxygens (including phenoxy) is 5. The molecule has 2 fully saturated rings. The molecule has 5 rings (SSSR count). The fourth-order valence-electron chi connectivity index (χ4n) is 5.47. The summed E-state index contributed by atoms with van der Waals surface area (Å²) in [6, 6.07) is 9.61. The average molecular weight is 581 g/mol. The Bertz CT molecular complexity index is 1320. The fraction of sp³-hybridized carbons (Fsp3) is 0.500. The molecule has 3 aliphatic rings. The molecule has 0 aromatic heterocycles. The molecule has 2 saturated heterocycles. The molecular weight excluding hydrogens is 540 g/mol. The van der Waals surface area contributed by atoms with Crippen molar-refractivity contribution in [2.45, 2.75) is 32.7 Å². The zero-order valence-electron chi connectivity index (χ0n) is 24.6. The highest BCUT2D eigenvalue weighted by Crippen LogP contribution is 2.43. The summed E-state index contributed by atoms with van der Waals surface area (Å²) in [4.78, 5) is 30.9. The third-order valence-electron chi connectivity index (χ3n) is 7.79. The van der Waals surface area contributed by atoms with E-state index in [2.05, 4.69) is 18.7 Å². The van der Waals surface area contributed by atoms with E-state index in [0.717, 1.165) is 26.1 Å². The van der Waals surface area contributed by atoms with Crippen LogP contribution in [0, 0.1) is 5.92 Å². The molecule has 0 radical (unpaired) electrons. The number of benzene rings is 2.